The minimum atomic E-state index is -1.55. The van der Waals surface area contributed by atoms with Gasteiger partial charge in [-0.15, -0.1) is 0 Å². The number of carboxylic acids is 1. The molecule has 0 aliphatic heterocycles. The molecule has 0 heterocycles. The topological polar surface area (TPSA) is 49.3 Å². The van der Waals surface area contributed by atoms with Gasteiger partial charge in [-0.3, -0.25) is 0 Å². The van der Waals surface area contributed by atoms with Gasteiger partial charge < -0.3 is 10.4 Å². The second kappa shape index (κ2) is 7.30. The Morgan fingerprint density at radius 1 is 1.12 bits per heavy atom. The Bertz CT molecular complexity index is 777. The molecule has 0 aromatic heterocycles. The van der Waals surface area contributed by atoms with Crippen molar-refractivity contribution in [3.63, 3.8) is 0 Å². The van der Waals surface area contributed by atoms with Gasteiger partial charge in [0.15, 0.2) is 0 Å². The first kappa shape index (κ1) is 17.7. The molecule has 126 valence electrons. The van der Waals surface area contributed by atoms with Crippen molar-refractivity contribution >= 4 is 17.7 Å². The highest BCUT2D eigenvalue weighted by atomic mass is 19.1. The van der Waals surface area contributed by atoms with Crippen LogP contribution in [0.25, 0.3) is 17.2 Å². The number of carbonyl (C=O) groups is 1. The van der Waals surface area contributed by atoms with Gasteiger partial charge in [0.2, 0.25) is 5.83 Å². The Labute approximate surface area is 141 Å². The summed E-state index contributed by atoms with van der Waals surface area (Å²) in [6.45, 7) is 7.96. The van der Waals surface area contributed by atoms with Crippen LogP contribution in [-0.2, 0) is 4.79 Å². The van der Waals surface area contributed by atoms with Gasteiger partial charge in [-0.05, 0) is 73.7 Å². The minimum Gasteiger partial charge on any atom is -0.476 e. The first-order chi connectivity index (χ1) is 11.3. The first-order valence-electron chi connectivity index (χ1n) is 7.86. The zero-order chi connectivity index (χ0) is 17.9. The van der Waals surface area contributed by atoms with Crippen molar-refractivity contribution in [1.82, 2.24) is 0 Å². The SMILES string of the molecule is Cc1cc(-c2ccc(NC(C)C)cc2)c(C)cc1/C=C(\F)C(=O)O. The lowest BCUT2D eigenvalue weighted by Gasteiger charge is -2.13. The smallest absolute Gasteiger partial charge is 0.364 e. The Balaban J connectivity index is 2.37. The molecular weight excluding hydrogens is 305 g/mol. The summed E-state index contributed by atoms with van der Waals surface area (Å²) in [7, 11) is 0. The van der Waals surface area contributed by atoms with Crippen LogP contribution in [-0.4, -0.2) is 17.1 Å². The Kier molecular flexibility index (Phi) is 5.39. The van der Waals surface area contributed by atoms with Crippen molar-refractivity contribution in [3.05, 3.63) is 58.9 Å². The van der Waals surface area contributed by atoms with E-state index in [9.17, 15) is 9.18 Å². The summed E-state index contributed by atoms with van der Waals surface area (Å²) in [6.07, 6.45) is 1.06. The largest absolute Gasteiger partial charge is 0.476 e. The third kappa shape index (κ3) is 4.22. The lowest BCUT2D eigenvalue weighted by atomic mass is 9.94. The number of aliphatic carboxylic acids is 1. The summed E-state index contributed by atoms with van der Waals surface area (Å²) >= 11 is 0. The van der Waals surface area contributed by atoms with E-state index in [0.29, 0.717) is 11.6 Å². The van der Waals surface area contributed by atoms with Gasteiger partial charge in [-0.25, -0.2) is 4.79 Å². The molecule has 2 aromatic rings. The van der Waals surface area contributed by atoms with Crippen LogP contribution >= 0.6 is 0 Å². The fraction of sp³-hybridized carbons (Fsp3) is 0.250. The lowest BCUT2D eigenvalue weighted by Crippen LogP contribution is -2.09. The minimum absolute atomic E-state index is 0.370. The van der Waals surface area contributed by atoms with Crippen molar-refractivity contribution in [2.45, 2.75) is 33.7 Å². The Morgan fingerprint density at radius 2 is 1.75 bits per heavy atom. The van der Waals surface area contributed by atoms with Crippen molar-refractivity contribution < 1.29 is 14.3 Å². The average Bonchev–Trinajstić information content (AvgIpc) is 2.50. The molecule has 0 fully saturated rings. The Hall–Kier alpha value is -2.62. The van der Waals surface area contributed by atoms with E-state index in [1.54, 1.807) is 0 Å². The number of hydrogen-bond donors (Lipinski definition) is 2. The molecule has 2 aromatic carbocycles. The number of benzene rings is 2. The Morgan fingerprint density at radius 3 is 2.29 bits per heavy atom. The van der Waals surface area contributed by atoms with Crippen LogP contribution < -0.4 is 5.32 Å². The monoisotopic (exact) mass is 327 g/mol. The second-order valence-electron chi connectivity index (χ2n) is 6.20. The summed E-state index contributed by atoms with van der Waals surface area (Å²) in [5.41, 5.74) is 5.56. The highest BCUT2D eigenvalue weighted by molar-refractivity contribution is 5.90. The summed E-state index contributed by atoms with van der Waals surface area (Å²) in [6, 6.07) is 12.3. The molecule has 0 saturated heterocycles. The van der Waals surface area contributed by atoms with Crippen LogP contribution in [0.3, 0.4) is 0 Å². The molecule has 0 aliphatic rings. The molecule has 2 N–H and O–H groups in total. The molecule has 0 unspecified atom stereocenters. The van der Waals surface area contributed by atoms with E-state index in [0.717, 1.165) is 34.0 Å². The van der Waals surface area contributed by atoms with Crippen LogP contribution in [0, 0.1) is 13.8 Å². The molecular formula is C20H22FNO2. The highest BCUT2D eigenvalue weighted by Gasteiger charge is 2.10. The third-order valence-electron chi connectivity index (χ3n) is 3.75. The van der Waals surface area contributed by atoms with Gasteiger partial charge in [0.1, 0.15) is 0 Å². The molecule has 0 amide bonds. The van der Waals surface area contributed by atoms with Crippen molar-refractivity contribution in [3.8, 4) is 11.1 Å². The van der Waals surface area contributed by atoms with Crippen LogP contribution in [0.1, 0.15) is 30.5 Å². The number of aryl methyl sites for hydroxylation is 2. The fourth-order valence-electron chi connectivity index (χ4n) is 2.58. The molecule has 24 heavy (non-hydrogen) atoms. The van der Waals surface area contributed by atoms with Crippen LogP contribution in [0.5, 0.6) is 0 Å². The molecule has 0 spiro atoms. The van der Waals surface area contributed by atoms with Crippen molar-refractivity contribution in [2.24, 2.45) is 0 Å². The number of hydrogen-bond acceptors (Lipinski definition) is 2. The van der Waals surface area contributed by atoms with Gasteiger partial charge in [0.05, 0.1) is 0 Å². The molecule has 0 atom stereocenters. The van der Waals surface area contributed by atoms with Crippen LogP contribution in [0.4, 0.5) is 10.1 Å². The predicted molar refractivity (Wildman–Crippen MR) is 96.8 cm³/mol. The molecule has 3 nitrogen and oxygen atoms in total. The number of rotatable bonds is 5. The zero-order valence-electron chi connectivity index (χ0n) is 14.4. The van der Waals surface area contributed by atoms with Crippen LogP contribution in [0.2, 0.25) is 0 Å². The van der Waals surface area contributed by atoms with Gasteiger partial charge >= 0.3 is 5.97 Å². The quantitative estimate of drug-likeness (QED) is 0.743. The highest BCUT2D eigenvalue weighted by Crippen LogP contribution is 2.29. The van der Waals surface area contributed by atoms with Gasteiger partial charge in [0.25, 0.3) is 0 Å². The summed E-state index contributed by atoms with van der Waals surface area (Å²) in [4.78, 5) is 10.6. The molecule has 0 aliphatic carbocycles. The maximum Gasteiger partial charge on any atom is 0.364 e. The molecule has 4 heteroatoms. The number of halogens is 1. The zero-order valence-corrected chi connectivity index (χ0v) is 14.4. The van der Waals surface area contributed by atoms with E-state index in [1.807, 2.05) is 50.2 Å². The lowest BCUT2D eigenvalue weighted by molar-refractivity contribution is -0.134. The van der Waals surface area contributed by atoms with Gasteiger partial charge in [-0.1, -0.05) is 24.3 Å². The fourth-order valence-corrected chi connectivity index (χ4v) is 2.58. The molecule has 0 bridgehead atoms. The maximum absolute atomic E-state index is 13.3. The second-order valence-corrected chi connectivity index (χ2v) is 6.20. The molecule has 0 radical (unpaired) electrons. The van der Waals surface area contributed by atoms with Crippen LogP contribution in [0.15, 0.2) is 42.2 Å². The normalized spacial score (nSPS) is 11.7. The molecule has 0 saturated carbocycles. The van der Waals surface area contributed by atoms with E-state index in [-0.39, 0.29) is 0 Å². The van der Waals surface area contributed by atoms with E-state index in [1.165, 1.54) is 0 Å². The van der Waals surface area contributed by atoms with E-state index in [4.69, 9.17) is 5.11 Å². The average molecular weight is 327 g/mol. The maximum atomic E-state index is 13.3. The third-order valence-corrected chi connectivity index (χ3v) is 3.75. The summed E-state index contributed by atoms with van der Waals surface area (Å²) < 4.78 is 13.3. The standard InChI is InChI=1S/C20H22FNO2/c1-12(2)22-17-7-5-15(6-8-17)18-10-13(3)16(9-14(18)4)11-19(21)20(23)24/h5-12,22H,1-4H3,(H,23,24)/b19-11-. The summed E-state index contributed by atoms with van der Waals surface area (Å²) in [5.74, 6) is -2.71. The summed E-state index contributed by atoms with van der Waals surface area (Å²) in [5, 5.41) is 12.0. The van der Waals surface area contributed by atoms with E-state index < -0.39 is 11.8 Å². The number of anilines is 1. The first-order valence-corrected chi connectivity index (χ1v) is 7.86. The number of carboxylic acid groups (broad SMARTS) is 1. The molecule has 2 rings (SSSR count). The van der Waals surface area contributed by atoms with Gasteiger partial charge in [0, 0.05) is 11.7 Å². The van der Waals surface area contributed by atoms with E-state index >= 15 is 0 Å². The van der Waals surface area contributed by atoms with Crippen molar-refractivity contribution in [2.75, 3.05) is 5.32 Å². The van der Waals surface area contributed by atoms with Gasteiger partial charge in [-0.2, -0.15) is 4.39 Å². The predicted octanol–water partition coefficient (Wildman–Crippen LogP) is 5.19. The number of nitrogens with one attached hydrogen (secondary N) is 1. The van der Waals surface area contributed by atoms with E-state index in [2.05, 4.69) is 19.2 Å². The van der Waals surface area contributed by atoms with Crippen molar-refractivity contribution in [1.29, 1.82) is 0 Å².